The van der Waals surface area contributed by atoms with E-state index >= 15 is 0 Å². The molecular weight excluding hydrogens is 204 g/mol. The van der Waals surface area contributed by atoms with Gasteiger partial charge in [0.25, 0.3) is 0 Å². The van der Waals surface area contributed by atoms with Crippen LogP contribution in [0.5, 0.6) is 5.75 Å². The fourth-order valence-corrected chi connectivity index (χ4v) is 2.09. The molecule has 0 atom stereocenters. The Morgan fingerprint density at radius 3 is 2.75 bits per heavy atom. The van der Waals surface area contributed by atoms with E-state index in [0.29, 0.717) is 6.54 Å². The maximum Gasteiger partial charge on any atom is 0.124 e. The van der Waals surface area contributed by atoms with Gasteiger partial charge in [0, 0.05) is 22.2 Å². The van der Waals surface area contributed by atoms with Gasteiger partial charge in [-0.15, -0.1) is 0 Å². The second kappa shape index (κ2) is 4.15. The van der Waals surface area contributed by atoms with Crippen molar-refractivity contribution < 1.29 is 9.94 Å². The number of hydrogen-bond acceptors (Lipinski definition) is 3. The molecule has 0 aliphatic rings. The maximum absolute atomic E-state index is 8.88. The Kier molecular flexibility index (Phi) is 2.85. The highest BCUT2D eigenvalue weighted by atomic mass is 16.5. The maximum atomic E-state index is 8.88. The number of benzene rings is 1. The van der Waals surface area contributed by atoms with E-state index in [4.69, 9.17) is 9.94 Å². The van der Waals surface area contributed by atoms with Crippen LogP contribution in [-0.4, -0.2) is 17.3 Å². The van der Waals surface area contributed by atoms with Gasteiger partial charge >= 0.3 is 0 Å². The smallest absolute Gasteiger partial charge is 0.124 e. The highest BCUT2D eigenvalue weighted by molar-refractivity contribution is 5.89. The van der Waals surface area contributed by atoms with Gasteiger partial charge in [-0.05, 0) is 31.5 Å². The average molecular weight is 220 g/mol. The molecular formula is C12H16N2O2. The van der Waals surface area contributed by atoms with Crippen molar-refractivity contribution in [1.82, 2.24) is 10.5 Å². The fourth-order valence-electron chi connectivity index (χ4n) is 2.09. The summed E-state index contributed by atoms with van der Waals surface area (Å²) in [6.45, 7) is 4.48. The number of H-pyrrole nitrogens is 1. The Morgan fingerprint density at radius 1 is 1.38 bits per heavy atom. The number of hydrogen-bond donors (Lipinski definition) is 3. The molecule has 0 bridgehead atoms. The van der Waals surface area contributed by atoms with Crippen LogP contribution >= 0.6 is 0 Å². The Hall–Kier alpha value is -1.52. The zero-order valence-electron chi connectivity index (χ0n) is 9.72. The lowest BCUT2D eigenvalue weighted by molar-refractivity contribution is 0.160. The average Bonchev–Trinajstić information content (AvgIpc) is 2.56. The van der Waals surface area contributed by atoms with Crippen LogP contribution in [0.2, 0.25) is 0 Å². The highest BCUT2D eigenvalue weighted by Gasteiger charge is 2.13. The molecule has 0 radical (unpaired) electrons. The zero-order chi connectivity index (χ0) is 11.7. The summed E-state index contributed by atoms with van der Waals surface area (Å²) in [5.41, 5.74) is 6.57. The molecule has 0 unspecified atom stereocenters. The molecule has 2 aromatic rings. The third-order valence-corrected chi connectivity index (χ3v) is 3.01. The lowest BCUT2D eigenvalue weighted by atomic mass is 10.0. The SMILES string of the molecule is COc1ccc2[nH]c(C)c(C)c2c1CNO. The van der Waals surface area contributed by atoms with Crippen molar-refractivity contribution >= 4 is 10.9 Å². The molecule has 4 heteroatoms. The number of fused-ring (bicyclic) bond motifs is 1. The fraction of sp³-hybridized carbons (Fsp3) is 0.333. The van der Waals surface area contributed by atoms with Crippen molar-refractivity contribution in [3.05, 3.63) is 29.0 Å². The van der Waals surface area contributed by atoms with Crippen LogP contribution in [0.25, 0.3) is 10.9 Å². The van der Waals surface area contributed by atoms with Crippen molar-refractivity contribution in [2.24, 2.45) is 0 Å². The Labute approximate surface area is 94.2 Å². The first-order valence-electron chi connectivity index (χ1n) is 5.20. The van der Waals surface area contributed by atoms with E-state index in [1.807, 2.05) is 19.1 Å². The molecule has 0 amide bonds. The molecule has 4 nitrogen and oxygen atoms in total. The molecule has 1 aromatic carbocycles. The van der Waals surface area contributed by atoms with E-state index in [-0.39, 0.29) is 0 Å². The number of aromatic amines is 1. The molecule has 1 aromatic heterocycles. The van der Waals surface area contributed by atoms with Crippen LogP contribution in [0.1, 0.15) is 16.8 Å². The second-order valence-corrected chi connectivity index (χ2v) is 3.88. The Balaban J connectivity index is 2.76. The topological polar surface area (TPSA) is 57.3 Å². The molecule has 3 N–H and O–H groups in total. The van der Waals surface area contributed by atoms with Gasteiger partial charge in [-0.1, -0.05) is 0 Å². The minimum Gasteiger partial charge on any atom is -0.496 e. The standard InChI is InChI=1S/C12H16N2O2/c1-7-8(2)14-10-4-5-11(16-3)9(6-13-15)12(7)10/h4-5,13-15H,6H2,1-3H3. The van der Waals surface area contributed by atoms with Gasteiger partial charge in [0.2, 0.25) is 0 Å². The molecule has 2 rings (SSSR count). The van der Waals surface area contributed by atoms with Crippen LogP contribution < -0.4 is 10.2 Å². The van der Waals surface area contributed by atoms with Crippen LogP contribution in [0.3, 0.4) is 0 Å². The minimum absolute atomic E-state index is 0.374. The molecule has 86 valence electrons. The lowest BCUT2D eigenvalue weighted by Crippen LogP contribution is -2.08. The van der Waals surface area contributed by atoms with E-state index in [2.05, 4.69) is 17.4 Å². The molecule has 0 fully saturated rings. The number of aromatic nitrogens is 1. The lowest BCUT2D eigenvalue weighted by Gasteiger charge is -2.09. The molecule has 0 aliphatic carbocycles. The van der Waals surface area contributed by atoms with Crippen LogP contribution in [0.15, 0.2) is 12.1 Å². The van der Waals surface area contributed by atoms with Gasteiger partial charge in [0.1, 0.15) is 5.75 Å². The number of nitrogens with one attached hydrogen (secondary N) is 2. The molecule has 16 heavy (non-hydrogen) atoms. The first-order valence-corrected chi connectivity index (χ1v) is 5.20. The third kappa shape index (κ3) is 1.56. The largest absolute Gasteiger partial charge is 0.496 e. The first-order chi connectivity index (χ1) is 7.69. The predicted octanol–water partition coefficient (Wildman–Crippen LogP) is 2.27. The van der Waals surface area contributed by atoms with Gasteiger partial charge < -0.3 is 14.9 Å². The number of methoxy groups -OCH3 is 1. The van der Waals surface area contributed by atoms with Crippen molar-refractivity contribution in [2.45, 2.75) is 20.4 Å². The number of aryl methyl sites for hydroxylation is 2. The summed E-state index contributed by atoms with van der Waals surface area (Å²) in [7, 11) is 1.64. The quantitative estimate of drug-likeness (QED) is 0.695. The minimum atomic E-state index is 0.374. The Bertz CT molecular complexity index is 517. The van der Waals surface area contributed by atoms with Crippen molar-refractivity contribution in [3.8, 4) is 5.75 Å². The number of ether oxygens (including phenoxy) is 1. The molecule has 0 aliphatic heterocycles. The molecule has 0 saturated carbocycles. The van der Waals surface area contributed by atoms with Gasteiger partial charge in [0.05, 0.1) is 13.7 Å². The number of rotatable bonds is 3. The van der Waals surface area contributed by atoms with E-state index in [1.165, 1.54) is 5.56 Å². The van der Waals surface area contributed by atoms with Crippen LogP contribution in [0, 0.1) is 13.8 Å². The summed E-state index contributed by atoms with van der Waals surface area (Å²) in [5.74, 6) is 0.788. The summed E-state index contributed by atoms with van der Waals surface area (Å²) >= 11 is 0. The molecule has 0 saturated heterocycles. The normalized spacial score (nSPS) is 11.0. The van der Waals surface area contributed by atoms with E-state index in [0.717, 1.165) is 27.9 Å². The molecule has 1 heterocycles. The second-order valence-electron chi connectivity index (χ2n) is 3.88. The van der Waals surface area contributed by atoms with E-state index in [9.17, 15) is 0 Å². The van der Waals surface area contributed by atoms with Gasteiger partial charge in [-0.3, -0.25) is 0 Å². The summed E-state index contributed by atoms with van der Waals surface area (Å²) < 4.78 is 5.31. The van der Waals surface area contributed by atoms with E-state index < -0.39 is 0 Å². The Morgan fingerprint density at radius 2 is 2.12 bits per heavy atom. The van der Waals surface area contributed by atoms with Crippen molar-refractivity contribution in [3.63, 3.8) is 0 Å². The summed E-state index contributed by atoms with van der Waals surface area (Å²) in [4.78, 5) is 3.31. The van der Waals surface area contributed by atoms with Crippen molar-refractivity contribution in [1.29, 1.82) is 0 Å². The number of hydroxylamine groups is 1. The van der Waals surface area contributed by atoms with Gasteiger partial charge in [0.15, 0.2) is 0 Å². The predicted molar refractivity (Wildman–Crippen MR) is 63.0 cm³/mol. The van der Waals surface area contributed by atoms with Crippen molar-refractivity contribution in [2.75, 3.05) is 7.11 Å². The summed E-state index contributed by atoms with van der Waals surface area (Å²) in [6.07, 6.45) is 0. The first kappa shape index (κ1) is 11.0. The summed E-state index contributed by atoms with van der Waals surface area (Å²) in [5, 5.41) is 10.0. The van der Waals surface area contributed by atoms with Crippen LogP contribution in [-0.2, 0) is 6.54 Å². The zero-order valence-corrected chi connectivity index (χ0v) is 9.72. The van der Waals surface area contributed by atoms with Gasteiger partial charge in [-0.2, -0.15) is 0 Å². The van der Waals surface area contributed by atoms with E-state index in [1.54, 1.807) is 7.11 Å². The van der Waals surface area contributed by atoms with Crippen LogP contribution in [0.4, 0.5) is 0 Å². The van der Waals surface area contributed by atoms with Gasteiger partial charge in [-0.25, -0.2) is 5.48 Å². The summed E-state index contributed by atoms with van der Waals surface area (Å²) in [6, 6.07) is 3.90. The highest BCUT2D eigenvalue weighted by Crippen LogP contribution is 2.31. The molecule has 0 spiro atoms. The monoisotopic (exact) mass is 220 g/mol. The third-order valence-electron chi connectivity index (χ3n) is 3.01.